The number of benzene rings is 2. The molecule has 0 saturated carbocycles. The number of rotatable bonds is 7. The van der Waals surface area contributed by atoms with Crippen molar-refractivity contribution in [3.8, 4) is 11.5 Å². The highest BCUT2D eigenvalue weighted by Gasteiger charge is 2.08. The summed E-state index contributed by atoms with van der Waals surface area (Å²) >= 11 is 0. The van der Waals surface area contributed by atoms with E-state index in [0.29, 0.717) is 22.9 Å². The van der Waals surface area contributed by atoms with Crippen molar-refractivity contribution in [1.82, 2.24) is 9.97 Å². The van der Waals surface area contributed by atoms with Crippen LogP contribution < -0.4 is 15.4 Å². The van der Waals surface area contributed by atoms with Crippen LogP contribution in [0.15, 0.2) is 67.0 Å². The van der Waals surface area contributed by atoms with Crippen LogP contribution in [0.2, 0.25) is 0 Å². The number of amides is 1. The van der Waals surface area contributed by atoms with Gasteiger partial charge < -0.3 is 15.4 Å². The van der Waals surface area contributed by atoms with Gasteiger partial charge >= 0.3 is 0 Å². The number of anilines is 2. The Bertz CT molecular complexity index is 834. The summed E-state index contributed by atoms with van der Waals surface area (Å²) in [6.45, 7) is 2.86. The Morgan fingerprint density at radius 2 is 1.62 bits per heavy atom. The summed E-state index contributed by atoms with van der Waals surface area (Å²) in [6, 6.07) is 16.7. The number of carbonyl (C=O) groups excluding carboxylic acids is 1. The van der Waals surface area contributed by atoms with Crippen molar-refractivity contribution in [3.05, 3.63) is 72.6 Å². The molecule has 0 radical (unpaired) electrons. The zero-order valence-electron chi connectivity index (χ0n) is 14.5. The van der Waals surface area contributed by atoms with Crippen molar-refractivity contribution in [1.29, 1.82) is 0 Å². The number of hydrogen-bond donors (Lipinski definition) is 2. The third kappa shape index (κ3) is 4.80. The molecule has 1 heterocycles. The van der Waals surface area contributed by atoms with E-state index in [1.54, 1.807) is 24.3 Å². The molecule has 0 atom stereocenters. The predicted molar refractivity (Wildman–Crippen MR) is 102 cm³/mol. The van der Waals surface area contributed by atoms with Gasteiger partial charge in [-0.05, 0) is 42.8 Å². The summed E-state index contributed by atoms with van der Waals surface area (Å²) in [7, 11) is 0. The molecule has 0 fully saturated rings. The maximum absolute atomic E-state index is 12.3. The average molecular weight is 348 g/mol. The molecule has 2 aromatic carbocycles. The van der Waals surface area contributed by atoms with Crippen LogP contribution in [0, 0.1) is 0 Å². The summed E-state index contributed by atoms with van der Waals surface area (Å²) in [5.41, 5.74) is 1.07. The molecule has 0 aliphatic heterocycles. The Morgan fingerprint density at radius 3 is 2.27 bits per heavy atom. The molecule has 6 nitrogen and oxygen atoms in total. The Balaban J connectivity index is 1.59. The maximum atomic E-state index is 12.3. The number of ether oxygens (including phenoxy) is 1. The lowest BCUT2D eigenvalue weighted by Gasteiger charge is -2.08. The van der Waals surface area contributed by atoms with Crippen LogP contribution in [-0.2, 0) is 0 Å². The van der Waals surface area contributed by atoms with Gasteiger partial charge in [0.1, 0.15) is 11.5 Å². The average Bonchev–Trinajstić information content (AvgIpc) is 2.69. The van der Waals surface area contributed by atoms with E-state index in [0.717, 1.165) is 18.7 Å². The van der Waals surface area contributed by atoms with Crippen LogP contribution in [0.4, 0.5) is 11.6 Å². The molecule has 132 valence electrons. The van der Waals surface area contributed by atoms with Crippen LogP contribution in [0.3, 0.4) is 0 Å². The maximum Gasteiger partial charge on any atom is 0.258 e. The molecule has 3 aromatic rings. The first-order valence-electron chi connectivity index (χ1n) is 8.45. The molecule has 2 N–H and O–H groups in total. The van der Waals surface area contributed by atoms with Crippen LogP contribution in [0.5, 0.6) is 11.5 Å². The summed E-state index contributed by atoms with van der Waals surface area (Å²) in [6.07, 6.45) is 4.00. The molecule has 0 aliphatic rings. The van der Waals surface area contributed by atoms with Crippen molar-refractivity contribution in [2.45, 2.75) is 13.3 Å². The number of para-hydroxylation sites is 1. The third-order valence-corrected chi connectivity index (χ3v) is 3.54. The second kappa shape index (κ2) is 8.62. The largest absolute Gasteiger partial charge is 0.457 e. The van der Waals surface area contributed by atoms with Crippen molar-refractivity contribution in [2.75, 3.05) is 17.2 Å². The van der Waals surface area contributed by atoms with Crippen LogP contribution in [-0.4, -0.2) is 22.4 Å². The van der Waals surface area contributed by atoms with Crippen LogP contribution in [0.1, 0.15) is 23.7 Å². The SMILES string of the molecule is CCCNc1ncc(C(=O)Nc2ccc(Oc3ccccc3)cc2)cn1. The first kappa shape index (κ1) is 17.4. The van der Waals surface area contributed by atoms with E-state index < -0.39 is 0 Å². The summed E-state index contributed by atoms with van der Waals surface area (Å²) in [5, 5.41) is 5.89. The molecule has 0 bridgehead atoms. The van der Waals surface area contributed by atoms with E-state index in [9.17, 15) is 4.79 Å². The smallest absolute Gasteiger partial charge is 0.258 e. The van der Waals surface area contributed by atoms with Gasteiger partial charge in [0.15, 0.2) is 0 Å². The molecule has 3 rings (SSSR count). The highest BCUT2D eigenvalue weighted by Crippen LogP contribution is 2.22. The van der Waals surface area contributed by atoms with Crippen LogP contribution >= 0.6 is 0 Å². The fourth-order valence-corrected chi connectivity index (χ4v) is 2.21. The molecule has 6 heteroatoms. The molecule has 0 aliphatic carbocycles. The molecule has 0 spiro atoms. The molecule has 0 unspecified atom stereocenters. The van der Waals surface area contributed by atoms with E-state index in [1.807, 2.05) is 30.3 Å². The van der Waals surface area contributed by atoms with Gasteiger partial charge in [0.25, 0.3) is 5.91 Å². The quantitative estimate of drug-likeness (QED) is 0.664. The van der Waals surface area contributed by atoms with E-state index >= 15 is 0 Å². The normalized spacial score (nSPS) is 10.2. The molecule has 26 heavy (non-hydrogen) atoms. The van der Waals surface area contributed by atoms with Gasteiger partial charge in [-0.3, -0.25) is 4.79 Å². The zero-order chi connectivity index (χ0) is 18.2. The Hall–Kier alpha value is -3.41. The molecule has 0 saturated heterocycles. The lowest BCUT2D eigenvalue weighted by atomic mass is 10.2. The van der Waals surface area contributed by atoms with Gasteiger partial charge in [0, 0.05) is 24.6 Å². The van der Waals surface area contributed by atoms with Gasteiger partial charge in [-0.2, -0.15) is 0 Å². The first-order valence-corrected chi connectivity index (χ1v) is 8.45. The Kier molecular flexibility index (Phi) is 5.77. The van der Waals surface area contributed by atoms with E-state index in [1.165, 1.54) is 12.4 Å². The summed E-state index contributed by atoms with van der Waals surface area (Å²) < 4.78 is 5.73. The van der Waals surface area contributed by atoms with E-state index in [-0.39, 0.29) is 5.91 Å². The molecular formula is C20H20N4O2. The lowest BCUT2D eigenvalue weighted by molar-refractivity contribution is 0.102. The Labute approximate surface area is 152 Å². The van der Waals surface area contributed by atoms with Gasteiger partial charge in [-0.25, -0.2) is 9.97 Å². The predicted octanol–water partition coefficient (Wildman–Crippen LogP) is 4.34. The number of aromatic nitrogens is 2. The third-order valence-electron chi connectivity index (χ3n) is 3.54. The van der Waals surface area contributed by atoms with Crippen molar-refractivity contribution < 1.29 is 9.53 Å². The monoisotopic (exact) mass is 348 g/mol. The lowest BCUT2D eigenvalue weighted by Crippen LogP contribution is -2.13. The zero-order valence-corrected chi connectivity index (χ0v) is 14.5. The first-order chi connectivity index (χ1) is 12.7. The van der Waals surface area contributed by atoms with E-state index in [2.05, 4.69) is 27.5 Å². The second-order valence-electron chi connectivity index (χ2n) is 5.62. The molecule has 1 aromatic heterocycles. The standard InChI is InChI=1S/C20H20N4O2/c1-2-12-21-20-22-13-15(14-23-20)19(25)24-16-8-10-18(11-9-16)26-17-6-4-3-5-7-17/h3-11,13-14H,2,12H2,1H3,(H,24,25)(H,21,22,23). The van der Waals surface area contributed by atoms with Gasteiger partial charge in [-0.15, -0.1) is 0 Å². The van der Waals surface area contributed by atoms with Gasteiger partial charge in [0.2, 0.25) is 5.95 Å². The number of nitrogens with zero attached hydrogens (tertiary/aromatic N) is 2. The highest BCUT2D eigenvalue weighted by molar-refractivity contribution is 6.03. The minimum absolute atomic E-state index is 0.260. The minimum Gasteiger partial charge on any atom is -0.457 e. The fourth-order valence-electron chi connectivity index (χ4n) is 2.21. The number of hydrogen-bond acceptors (Lipinski definition) is 5. The van der Waals surface area contributed by atoms with Crippen molar-refractivity contribution in [3.63, 3.8) is 0 Å². The summed E-state index contributed by atoms with van der Waals surface area (Å²) in [4.78, 5) is 20.5. The van der Waals surface area contributed by atoms with Crippen LogP contribution in [0.25, 0.3) is 0 Å². The number of nitrogens with one attached hydrogen (secondary N) is 2. The summed E-state index contributed by atoms with van der Waals surface area (Å²) in [5.74, 6) is 1.72. The highest BCUT2D eigenvalue weighted by atomic mass is 16.5. The second-order valence-corrected chi connectivity index (χ2v) is 5.62. The van der Waals surface area contributed by atoms with Crippen molar-refractivity contribution in [2.24, 2.45) is 0 Å². The minimum atomic E-state index is -0.260. The van der Waals surface area contributed by atoms with Gasteiger partial charge in [0.05, 0.1) is 5.56 Å². The van der Waals surface area contributed by atoms with Gasteiger partial charge in [-0.1, -0.05) is 25.1 Å². The topological polar surface area (TPSA) is 76.1 Å². The number of carbonyl (C=O) groups is 1. The molecular weight excluding hydrogens is 328 g/mol. The molecule has 1 amide bonds. The van der Waals surface area contributed by atoms with Crippen molar-refractivity contribution >= 4 is 17.5 Å². The fraction of sp³-hybridized carbons (Fsp3) is 0.150. The Morgan fingerprint density at radius 1 is 0.962 bits per heavy atom. The van der Waals surface area contributed by atoms with E-state index in [4.69, 9.17) is 4.74 Å².